The van der Waals surface area contributed by atoms with E-state index in [1.807, 2.05) is 40.8 Å². The standard InChI is InChI=1S/C53H58N4O8S2/c1-28(59)62-24-40-36-10-11-37-46-32(19-34(60)20-43(46)63-27-58)22-53-16-15-29(21-53)17-31-9-14-45(54)57-41(31)8-4-7-35-39(23-55-2)49(61)52-38(47(35)50(40)65-51(36)48(37)53)12-13-42-44(64-52)26-67-66-25-30-5-3-6-33(18-30)56-42/h9-14,19-20,29-30,33,40,42,44,50,55-56,58,60-61H,3,5-7,15-18,21-27H2,1-2H3,(H2,54,57). The number of esters is 1. The fourth-order valence-electron chi connectivity index (χ4n) is 12.6. The second kappa shape index (κ2) is 18.1. The first kappa shape index (κ1) is 44.5. The molecule has 1 aromatic heterocycles. The number of hydrogen-bond acceptors (Lipinski definition) is 14. The number of phenols is 2. The molecule has 3 aromatic carbocycles. The Bertz CT molecular complexity index is 2730. The highest BCUT2D eigenvalue weighted by atomic mass is 33.1. The molecule has 4 aliphatic heterocycles. The van der Waals surface area contributed by atoms with Crippen LogP contribution in [-0.4, -0.2) is 76.4 Å². The molecule has 11 rings (SSSR count). The zero-order valence-corrected chi connectivity index (χ0v) is 39.6. The number of benzene rings is 3. The van der Waals surface area contributed by atoms with Crippen molar-refractivity contribution < 1.29 is 39.1 Å². The molecule has 8 unspecified atom stereocenters. The number of aliphatic hydroxyl groups excluding tert-OH is 1. The Kier molecular flexibility index (Phi) is 12.0. The topological polar surface area (TPSA) is 178 Å². The number of pyridine rings is 1. The first-order chi connectivity index (χ1) is 32.6. The fraction of sp³-hybridized carbons (Fsp3) is 0.472. The lowest BCUT2D eigenvalue weighted by Gasteiger charge is -2.39. The van der Waals surface area contributed by atoms with E-state index in [-0.39, 0.29) is 42.6 Å². The highest BCUT2D eigenvalue weighted by molar-refractivity contribution is 8.76. The number of fused-ring (bicyclic) bond motifs is 12. The van der Waals surface area contributed by atoms with Gasteiger partial charge in [0.05, 0.1) is 12.0 Å². The number of carbonyl (C=O) groups is 1. The van der Waals surface area contributed by atoms with Crippen molar-refractivity contribution in [1.82, 2.24) is 15.6 Å². The van der Waals surface area contributed by atoms with E-state index in [2.05, 4.69) is 52.8 Å². The van der Waals surface area contributed by atoms with Gasteiger partial charge in [0.2, 0.25) is 0 Å². The van der Waals surface area contributed by atoms with Crippen molar-refractivity contribution in [1.29, 1.82) is 0 Å². The van der Waals surface area contributed by atoms with E-state index < -0.39 is 30.2 Å². The molecule has 5 heterocycles. The normalized spacial score (nSPS) is 27.6. The number of nitrogens with one attached hydrogen (secondary N) is 2. The van der Waals surface area contributed by atoms with Gasteiger partial charge in [-0.3, -0.25) is 4.79 Å². The number of nitrogens with zero attached hydrogens (tertiary/aromatic N) is 1. The van der Waals surface area contributed by atoms with Crippen LogP contribution in [0.15, 0.2) is 42.5 Å². The van der Waals surface area contributed by atoms with Crippen LogP contribution in [0.2, 0.25) is 0 Å². The summed E-state index contributed by atoms with van der Waals surface area (Å²) in [5, 5.41) is 41.1. The van der Waals surface area contributed by atoms with Gasteiger partial charge in [0.25, 0.3) is 0 Å². The fourth-order valence-corrected chi connectivity index (χ4v) is 15.3. The van der Waals surface area contributed by atoms with Gasteiger partial charge >= 0.3 is 5.97 Å². The summed E-state index contributed by atoms with van der Waals surface area (Å²) in [6.45, 7) is 1.26. The lowest BCUT2D eigenvalue weighted by Crippen LogP contribution is -2.49. The molecule has 14 heteroatoms. The van der Waals surface area contributed by atoms with Crippen molar-refractivity contribution in [3.63, 3.8) is 0 Å². The number of anilines is 1. The summed E-state index contributed by atoms with van der Waals surface area (Å²) in [6.07, 6.45) is 12.3. The van der Waals surface area contributed by atoms with E-state index in [1.165, 1.54) is 19.8 Å². The largest absolute Gasteiger partial charge is 0.508 e. The second-order valence-electron chi connectivity index (χ2n) is 19.6. The molecule has 2 saturated carbocycles. The van der Waals surface area contributed by atoms with Crippen LogP contribution >= 0.6 is 21.6 Å². The quantitative estimate of drug-likeness (QED) is 0.0474. The van der Waals surface area contributed by atoms with Crippen LogP contribution in [0.5, 0.6) is 28.7 Å². The highest BCUT2D eigenvalue weighted by Gasteiger charge is 2.51. The number of ether oxygens (including phenoxy) is 4. The number of nitrogen functional groups attached to an aromatic ring is 1. The lowest BCUT2D eigenvalue weighted by molar-refractivity contribution is -0.141. The third-order valence-electron chi connectivity index (χ3n) is 15.4. The van der Waals surface area contributed by atoms with Crippen molar-refractivity contribution in [2.75, 3.05) is 37.7 Å². The SMILES string of the molecule is CNCc1c(O)c2c(c3c1CC#Cc1nc(N)ccc1CC1CCC4(Cc5cc(O)cc(OCO)c5-c5ccc6c(c54)OC3C6COC(C)=O)C1)C=CC1NC3CCCC(CSSCC1O2)C3. The van der Waals surface area contributed by atoms with Crippen LogP contribution in [-0.2, 0) is 40.8 Å². The minimum Gasteiger partial charge on any atom is -0.508 e. The molecule has 3 fully saturated rings. The molecule has 7 N–H and O–H groups in total. The van der Waals surface area contributed by atoms with E-state index >= 15 is 0 Å². The minimum atomic E-state index is -0.695. The summed E-state index contributed by atoms with van der Waals surface area (Å²) in [5.41, 5.74) is 15.3. The Labute approximate surface area is 399 Å². The first-order valence-corrected chi connectivity index (χ1v) is 26.3. The van der Waals surface area contributed by atoms with E-state index in [4.69, 9.17) is 29.7 Å². The summed E-state index contributed by atoms with van der Waals surface area (Å²) < 4.78 is 26.7. The van der Waals surface area contributed by atoms with Crippen LogP contribution in [0.25, 0.3) is 17.2 Å². The van der Waals surface area contributed by atoms with Gasteiger partial charge < -0.3 is 50.6 Å². The average Bonchev–Trinajstić information content (AvgIpc) is 3.82. The van der Waals surface area contributed by atoms with Crippen molar-refractivity contribution in [2.24, 2.45) is 11.8 Å². The van der Waals surface area contributed by atoms with Crippen LogP contribution in [0.4, 0.5) is 5.82 Å². The maximum absolute atomic E-state index is 12.8. The Morgan fingerprint density at radius 3 is 2.81 bits per heavy atom. The Morgan fingerprint density at radius 1 is 1.07 bits per heavy atom. The van der Waals surface area contributed by atoms with Crippen LogP contribution in [0.1, 0.15) is 114 Å². The third-order valence-corrected chi connectivity index (χ3v) is 18.0. The van der Waals surface area contributed by atoms with Gasteiger partial charge in [-0.15, -0.1) is 0 Å². The lowest BCUT2D eigenvalue weighted by atomic mass is 9.65. The van der Waals surface area contributed by atoms with Crippen LogP contribution in [0.3, 0.4) is 0 Å². The van der Waals surface area contributed by atoms with Crippen molar-refractivity contribution in [2.45, 2.75) is 113 Å². The van der Waals surface area contributed by atoms with Crippen molar-refractivity contribution in [3.8, 4) is 51.7 Å². The van der Waals surface area contributed by atoms with E-state index in [0.717, 1.165) is 106 Å². The maximum atomic E-state index is 12.8. The summed E-state index contributed by atoms with van der Waals surface area (Å²) >= 11 is 0. The zero-order valence-electron chi connectivity index (χ0n) is 38.0. The predicted octanol–water partition coefficient (Wildman–Crippen LogP) is 8.00. The minimum absolute atomic E-state index is 0.0531. The summed E-state index contributed by atoms with van der Waals surface area (Å²) in [7, 11) is 5.63. The smallest absolute Gasteiger partial charge is 0.302 e. The van der Waals surface area contributed by atoms with E-state index in [9.17, 15) is 20.1 Å². The molecule has 3 aliphatic carbocycles. The molecule has 0 radical (unpaired) electrons. The maximum Gasteiger partial charge on any atom is 0.302 e. The Hall–Kier alpha value is -5.04. The van der Waals surface area contributed by atoms with Gasteiger partial charge in [0.1, 0.15) is 47.6 Å². The van der Waals surface area contributed by atoms with Gasteiger partial charge in [-0.1, -0.05) is 64.3 Å². The molecule has 6 bridgehead atoms. The van der Waals surface area contributed by atoms with Gasteiger partial charge in [-0.25, -0.2) is 4.98 Å². The number of rotatable bonds is 6. The number of nitrogens with two attached hydrogens (primary N) is 1. The summed E-state index contributed by atoms with van der Waals surface area (Å²) in [4.78, 5) is 17.6. The highest BCUT2D eigenvalue weighted by Crippen LogP contribution is 2.63. The summed E-state index contributed by atoms with van der Waals surface area (Å²) in [5.74, 6) is 11.0. The Morgan fingerprint density at radius 2 is 1.96 bits per heavy atom. The van der Waals surface area contributed by atoms with E-state index in [1.54, 1.807) is 6.07 Å². The molecule has 12 nitrogen and oxygen atoms in total. The molecule has 0 amide bonds. The van der Waals surface area contributed by atoms with Crippen LogP contribution < -0.4 is 30.6 Å². The number of hydrogen-bond donors (Lipinski definition) is 6. The van der Waals surface area contributed by atoms with Gasteiger partial charge in [-0.2, -0.15) is 0 Å². The Balaban J connectivity index is 1.17. The molecular weight excluding hydrogens is 885 g/mol. The number of aliphatic hydroxyl groups is 1. The molecule has 1 spiro atoms. The van der Waals surface area contributed by atoms with Crippen molar-refractivity contribution >= 4 is 39.5 Å². The number of aromatic nitrogens is 1. The molecule has 4 aromatic rings. The molecule has 7 aliphatic rings. The molecule has 350 valence electrons. The number of aromatic hydroxyl groups is 2. The molecule has 8 atom stereocenters. The second-order valence-corrected chi connectivity index (χ2v) is 22.1. The number of phenolic OH excluding ortho intramolecular Hbond substituents is 2. The van der Waals surface area contributed by atoms with Crippen molar-refractivity contribution in [3.05, 3.63) is 92.7 Å². The summed E-state index contributed by atoms with van der Waals surface area (Å²) in [6, 6.07) is 11.8. The van der Waals surface area contributed by atoms with Gasteiger partial charge in [-0.05, 0) is 111 Å². The predicted molar refractivity (Wildman–Crippen MR) is 262 cm³/mol. The van der Waals surface area contributed by atoms with Gasteiger partial charge in [0.15, 0.2) is 18.3 Å². The molecule has 1 saturated heterocycles. The van der Waals surface area contributed by atoms with Crippen LogP contribution in [0, 0.1) is 23.7 Å². The van der Waals surface area contributed by atoms with E-state index in [0.29, 0.717) is 53.5 Å². The zero-order chi connectivity index (χ0) is 46.0. The third kappa shape index (κ3) is 8.08. The average molecular weight is 943 g/mol. The van der Waals surface area contributed by atoms with Gasteiger partial charge in [0, 0.05) is 82.3 Å². The first-order valence-electron chi connectivity index (χ1n) is 23.8. The number of carbonyl (C=O) groups excluding carboxylic acids is 1. The molecular formula is C53H58N4O8S2. The monoisotopic (exact) mass is 942 g/mol. The molecule has 67 heavy (non-hydrogen) atoms.